The number of fused-ring (bicyclic) bond motifs is 1. The fraction of sp³-hybridized carbons (Fsp3) is 0.933. The van der Waals surface area contributed by atoms with E-state index in [0.717, 1.165) is 11.8 Å². The molecule has 0 radical (unpaired) electrons. The zero-order valence-electron chi connectivity index (χ0n) is 10.5. The molecule has 3 atom stereocenters. The smallest absolute Gasteiger partial charge is 0.142 e. The quantitative estimate of drug-likeness (QED) is 0.653. The summed E-state index contributed by atoms with van der Waals surface area (Å²) in [6.45, 7) is 2.30. The third-order valence-electron chi connectivity index (χ3n) is 5.86. The zero-order chi connectivity index (χ0) is 11.2. The summed E-state index contributed by atoms with van der Waals surface area (Å²) in [7, 11) is 0. The number of ketones is 1. The Morgan fingerprint density at radius 3 is 2.31 bits per heavy atom. The van der Waals surface area contributed by atoms with E-state index in [1.807, 2.05) is 0 Å². The van der Waals surface area contributed by atoms with Crippen LogP contribution in [0.1, 0.15) is 64.7 Å². The monoisotopic (exact) mass is 220 g/mol. The molecule has 3 fully saturated rings. The van der Waals surface area contributed by atoms with Crippen molar-refractivity contribution in [1.29, 1.82) is 0 Å². The summed E-state index contributed by atoms with van der Waals surface area (Å²) >= 11 is 0. The average Bonchev–Trinajstić information content (AvgIpc) is 2.38. The van der Waals surface area contributed by atoms with Crippen LogP contribution in [-0.4, -0.2) is 5.78 Å². The molecule has 16 heavy (non-hydrogen) atoms. The molecule has 90 valence electrons. The molecule has 0 aliphatic heterocycles. The van der Waals surface area contributed by atoms with Crippen molar-refractivity contribution in [3.8, 4) is 0 Å². The predicted octanol–water partition coefficient (Wildman–Crippen LogP) is 3.96. The van der Waals surface area contributed by atoms with Crippen molar-refractivity contribution in [1.82, 2.24) is 0 Å². The predicted molar refractivity (Wildman–Crippen MR) is 65.1 cm³/mol. The SMILES string of the molecule is C[C@@]1(C2CCCCC2)C(=O)[C@@H]2CCCC[C@@H]21. The van der Waals surface area contributed by atoms with Crippen LogP contribution >= 0.6 is 0 Å². The van der Waals surface area contributed by atoms with E-state index >= 15 is 0 Å². The zero-order valence-corrected chi connectivity index (χ0v) is 10.5. The molecule has 3 aliphatic rings. The van der Waals surface area contributed by atoms with E-state index in [9.17, 15) is 4.79 Å². The van der Waals surface area contributed by atoms with Crippen molar-refractivity contribution >= 4 is 5.78 Å². The van der Waals surface area contributed by atoms with Gasteiger partial charge in [-0.25, -0.2) is 0 Å². The van der Waals surface area contributed by atoms with E-state index < -0.39 is 0 Å². The van der Waals surface area contributed by atoms with Crippen LogP contribution in [0.4, 0.5) is 0 Å². The van der Waals surface area contributed by atoms with Gasteiger partial charge in [-0.3, -0.25) is 4.79 Å². The lowest BCUT2D eigenvalue weighted by atomic mass is 9.44. The first-order valence-electron chi connectivity index (χ1n) is 7.29. The van der Waals surface area contributed by atoms with Gasteiger partial charge in [-0.15, -0.1) is 0 Å². The minimum Gasteiger partial charge on any atom is -0.299 e. The van der Waals surface area contributed by atoms with Gasteiger partial charge in [0.2, 0.25) is 0 Å². The van der Waals surface area contributed by atoms with Gasteiger partial charge in [0.05, 0.1) is 0 Å². The first-order chi connectivity index (χ1) is 7.74. The molecule has 3 rings (SSSR count). The van der Waals surface area contributed by atoms with Crippen LogP contribution < -0.4 is 0 Å². The maximum atomic E-state index is 12.4. The molecule has 0 aromatic rings. The highest BCUT2D eigenvalue weighted by molar-refractivity contribution is 5.94. The van der Waals surface area contributed by atoms with E-state index in [-0.39, 0.29) is 5.41 Å². The average molecular weight is 220 g/mol. The van der Waals surface area contributed by atoms with Gasteiger partial charge in [0.15, 0.2) is 0 Å². The van der Waals surface area contributed by atoms with Crippen molar-refractivity contribution < 1.29 is 4.79 Å². The Morgan fingerprint density at radius 2 is 1.56 bits per heavy atom. The van der Waals surface area contributed by atoms with Crippen molar-refractivity contribution in [2.45, 2.75) is 64.7 Å². The molecule has 0 saturated heterocycles. The molecule has 0 N–H and O–H groups in total. The normalized spacial score (nSPS) is 44.9. The van der Waals surface area contributed by atoms with Crippen molar-refractivity contribution in [3.63, 3.8) is 0 Å². The molecule has 3 saturated carbocycles. The summed E-state index contributed by atoms with van der Waals surface area (Å²) in [5, 5.41) is 0. The molecule has 0 spiro atoms. The van der Waals surface area contributed by atoms with E-state index in [4.69, 9.17) is 0 Å². The summed E-state index contributed by atoms with van der Waals surface area (Å²) in [4.78, 5) is 12.4. The Labute approximate surface area is 99.0 Å². The Kier molecular flexibility index (Phi) is 2.60. The molecule has 0 amide bonds. The first-order valence-corrected chi connectivity index (χ1v) is 7.29. The van der Waals surface area contributed by atoms with E-state index in [1.165, 1.54) is 57.8 Å². The summed E-state index contributed by atoms with van der Waals surface area (Å²) < 4.78 is 0. The number of carbonyl (C=O) groups excluding carboxylic acids is 1. The Hall–Kier alpha value is -0.330. The van der Waals surface area contributed by atoms with Crippen LogP contribution in [0.25, 0.3) is 0 Å². The van der Waals surface area contributed by atoms with Crippen molar-refractivity contribution in [2.24, 2.45) is 23.2 Å². The number of Topliss-reactive ketones (excluding diaryl/α,β-unsaturated/α-hetero) is 1. The molecule has 0 unspecified atom stereocenters. The highest BCUT2D eigenvalue weighted by atomic mass is 16.1. The summed E-state index contributed by atoms with van der Waals surface area (Å²) in [6, 6.07) is 0. The molecule has 0 aromatic carbocycles. The van der Waals surface area contributed by atoms with E-state index in [1.54, 1.807) is 0 Å². The van der Waals surface area contributed by atoms with E-state index in [2.05, 4.69) is 6.92 Å². The molecule has 0 bridgehead atoms. The van der Waals surface area contributed by atoms with Crippen LogP contribution in [0.2, 0.25) is 0 Å². The van der Waals surface area contributed by atoms with Crippen LogP contribution in [0, 0.1) is 23.2 Å². The maximum Gasteiger partial charge on any atom is 0.142 e. The second-order valence-corrected chi connectivity index (χ2v) is 6.48. The fourth-order valence-corrected chi connectivity index (χ4v) is 4.85. The lowest BCUT2D eigenvalue weighted by molar-refractivity contribution is -0.169. The Morgan fingerprint density at radius 1 is 0.938 bits per heavy atom. The summed E-state index contributed by atoms with van der Waals surface area (Å²) in [5.74, 6) is 2.61. The second-order valence-electron chi connectivity index (χ2n) is 6.48. The van der Waals surface area contributed by atoms with Crippen LogP contribution in [-0.2, 0) is 4.79 Å². The van der Waals surface area contributed by atoms with E-state index in [0.29, 0.717) is 11.7 Å². The lowest BCUT2D eigenvalue weighted by Gasteiger charge is -2.58. The molecular weight excluding hydrogens is 196 g/mol. The number of hydrogen-bond donors (Lipinski definition) is 0. The van der Waals surface area contributed by atoms with Gasteiger partial charge < -0.3 is 0 Å². The molecular formula is C15H24O. The van der Waals surface area contributed by atoms with Gasteiger partial charge in [-0.05, 0) is 37.5 Å². The number of carbonyl (C=O) groups is 1. The largest absolute Gasteiger partial charge is 0.299 e. The fourth-order valence-electron chi connectivity index (χ4n) is 4.85. The van der Waals surface area contributed by atoms with Gasteiger partial charge in [-0.1, -0.05) is 39.0 Å². The minimum atomic E-state index is 0.103. The third kappa shape index (κ3) is 1.33. The maximum absolute atomic E-state index is 12.4. The van der Waals surface area contributed by atoms with Crippen molar-refractivity contribution in [2.75, 3.05) is 0 Å². The van der Waals surface area contributed by atoms with Gasteiger partial charge in [0.1, 0.15) is 5.78 Å². The number of hydrogen-bond acceptors (Lipinski definition) is 1. The van der Waals surface area contributed by atoms with Gasteiger partial charge in [-0.2, -0.15) is 0 Å². The van der Waals surface area contributed by atoms with Crippen LogP contribution in [0.3, 0.4) is 0 Å². The minimum absolute atomic E-state index is 0.103. The Bertz CT molecular complexity index is 280. The van der Waals surface area contributed by atoms with Gasteiger partial charge in [0, 0.05) is 11.3 Å². The van der Waals surface area contributed by atoms with Gasteiger partial charge >= 0.3 is 0 Å². The van der Waals surface area contributed by atoms with Gasteiger partial charge in [0.25, 0.3) is 0 Å². The number of rotatable bonds is 1. The third-order valence-corrected chi connectivity index (χ3v) is 5.86. The Balaban J connectivity index is 1.78. The van der Waals surface area contributed by atoms with Crippen LogP contribution in [0.5, 0.6) is 0 Å². The second kappa shape index (κ2) is 3.85. The highest BCUT2D eigenvalue weighted by Gasteiger charge is 2.61. The molecule has 1 heteroatoms. The molecule has 0 aromatic heterocycles. The van der Waals surface area contributed by atoms with Crippen LogP contribution in [0.15, 0.2) is 0 Å². The molecule has 3 aliphatic carbocycles. The molecule has 0 heterocycles. The summed E-state index contributed by atoms with van der Waals surface area (Å²) in [6.07, 6.45) is 12.0. The highest BCUT2D eigenvalue weighted by Crippen LogP contribution is 2.60. The van der Waals surface area contributed by atoms with Crippen molar-refractivity contribution in [3.05, 3.63) is 0 Å². The summed E-state index contributed by atoms with van der Waals surface area (Å²) in [5.41, 5.74) is 0.103. The standard InChI is InChI=1S/C15H24O/c1-15(11-7-3-2-4-8-11)13-10-6-5-9-12(13)14(15)16/h11-13H,2-10H2,1H3/t12-,13+,15+/m1/s1. The molecule has 1 nitrogen and oxygen atoms in total. The topological polar surface area (TPSA) is 17.1 Å². The first kappa shape index (κ1) is 10.8. The lowest BCUT2D eigenvalue weighted by Crippen LogP contribution is -2.60.